The van der Waals surface area contributed by atoms with Gasteiger partial charge in [0.1, 0.15) is 0 Å². The number of nitrogens with one attached hydrogen (secondary N) is 1. The van der Waals surface area contributed by atoms with Crippen LogP contribution >= 0.6 is 0 Å². The number of hydrogen-bond donors (Lipinski definition) is 2. The van der Waals surface area contributed by atoms with Crippen molar-refractivity contribution in [3.8, 4) is 12.3 Å². The van der Waals surface area contributed by atoms with Crippen molar-refractivity contribution in [2.45, 2.75) is 25.1 Å². The van der Waals surface area contributed by atoms with Crippen LogP contribution in [0.3, 0.4) is 0 Å². The molecule has 0 radical (unpaired) electrons. The molecule has 2 N–H and O–H groups in total. The number of terminal acetylenes is 1. The Morgan fingerprint density at radius 1 is 1.42 bits per heavy atom. The molecule has 0 heterocycles. The van der Waals surface area contributed by atoms with E-state index >= 15 is 0 Å². The van der Waals surface area contributed by atoms with Crippen molar-refractivity contribution >= 4 is 16.0 Å². The maximum atomic E-state index is 11.8. The van der Waals surface area contributed by atoms with Crippen molar-refractivity contribution in [3.05, 3.63) is 35.4 Å². The van der Waals surface area contributed by atoms with Crippen LogP contribution in [0.25, 0.3) is 0 Å². The number of hydrogen-bond acceptors (Lipinski definition) is 3. The molecular formula is C13H15NO4S. The molecule has 0 amide bonds. The van der Waals surface area contributed by atoms with Crippen LogP contribution in [0, 0.1) is 12.3 Å². The van der Waals surface area contributed by atoms with E-state index in [1.54, 1.807) is 6.92 Å². The maximum Gasteiger partial charge on any atom is 0.335 e. The summed E-state index contributed by atoms with van der Waals surface area (Å²) in [7, 11) is -3.53. The molecule has 0 spiro atoms. The van der Waals surface area contributed by atoms with Crippen LogP contribution in [0.4, 0.5) is 0 Å². The van der Waals surface area contributed by atoms with Crippen LogP contribution in [0.15, 0.2) is 24.3 Å². The third-order valence-corrected chi connectivity index (χ3v) is 3.85. The Kier molecular flexibility index (Phi) is 5.10. The second-order valence-electron chi connectivity index (χ2n) is 4.01. The van der Waals surface area contributed by atoms with Crippen molar-refractivity contribution in [2.24, 2.45) is 0 Å². The van der Waals surface area contributed by atoms with Gasteiger partial charge in [0, 0.05) is 0 Å². The first-order chi connectivity index (χ1) is 8.88. The number of rotatable bonds is 6. The lowest BCUT2D eigenvalue weighted by Gasteiger charge is -2.11. The number of aromatic carboxylic acids is 1. The van der Waals surface area contributed by atoms with E-state index in [1.165, 1.54) is 24.3 Å². The van der Waals surface area contributed by atoms with Gasteiger partial charge in [-0.3, -0.25) is 0 Å². The molecule has 6 heteroatoms. The normalized spacial score (nSPS) is 12.6. The van der Waals surface area contributed by atoms with E-state index in [9.17, 15) is 13.2 Å². The summed E-state index contributed by atoms with van der Waals surface area (Å²) in [5, 5.41) is 8.74. The van der Waals surface area contributed by atoms with Crippen molar-refractivity contribution in [1.29, 1.82) is 0 Å². The molecule has 0 saturated carbocycles. The Morgan fingerprint density at radius 3 is 2.42 bits per heavy atom. The zero-order valence-corrected chi connectivity index (χ0v) is 11.3. The fourth-order valence-electron chi connectivity index (χ4n) is 1.46. The largest absolute Gasteiger partial charge is 0.478 e. The van der Waals surface area contributed by atoms with Crippen LogP contribution in [0.5, 0.6) is 0 Å². The summed E-state index contributed by atoms with van der Waals surface area (Å²) >= 11 is 0. The molecule has 1 aromatic carbocycles. The number of carbonyl (C=O) groups is 1. The highest BCUT2D eigenvalue weighted by Gasteiger charge is 2.15. The summed E-state index contributed by atoms with van der Waals surface area (Å²) in [6.45, 7) is 1.79. The van der Waals surface area contributed by atoms with E-state index in [2.05, 4.69) is 10.6 Å². The van der Waals surface area contributed by atoms with E-state index < -0.39 is 22.0 Å². The molecule has 0 aliphatic rings. The number of carboxylic acids is 1. The molecule has 1 atom stereocenters. The monoisotopic (exact) mass is 281 g/mol. The Labute approximate surface area is 112 Å². The van der Waals surface area contributed by atoms with Crippen molar-refractivity contribution in [1.82, 2.24) is 4.72 Å². The summed E-state index contributed by atoms with van der Waals surface area (Å²) in [5.74, 6) is 1.07. The molecule has 1 rings (SSSR count). The van der Waals surface area contributed by atoms with Gasteiger partial charge in [-0.25, -0.2) is 17.9 Å². The van der Waals surface area contributed by atoms with Crippen LogP contribution in [-0.4, -0.2) is 25.5 Å². The van der Waals surface area contributed by atoms with Gasteiger partial charge in [0.05, 0.1) is 17.4 Å². The van der Waals surface area contributed by atoms with E-state index in [4.69, 9.17) is 11.5 Å². The topological polar surface area (TPSA) is 83.5 Å². The van der Waals surface area contributed by atoms with Crippen LogP contribution in [0.2, 0.25) is 0 Å². The van der Waals surface area contributed by atoms with Gasteiger partial charge in [0.2, 0.25) is 10.0 Å². The highest BCUT2D eigenvalue weighted by atomic mass is 32.2. The van der Waals surface area contributed by atoms with Crippen LogP contribution in [0.1, 0.15) is 29.3 Å². The third-order valence-electron chi connectivity index (χ3n) is 2.49. The summed E-state index contributed by atoms with van der Waals surface area (Å²) in [6, 6.07) is 5.15. The predicted octanol–water partition coefficient (Wildman–Crippen LogP) is 1.22. The van der Waals surface area contributed by atoms with Gasteiger partial charge in [0.25, 0.3) is 0 Å². The fourth-order valence-corrected chi connectivity index (χ4v) is 2.84. The Morgan fingerprint density at radius 2 is 2.00 bits per heavy atom. The summed E-state index contributed by atoms with van der Waals surface area (Å²) in [4.78, 5) is 10.7. The highest BCUT2D eigenvalue weighted by Crippen LogP contribution is 2.08. The molecule has 0 fully saturated rings. The van der Waals surface area contributed by atoms with E-state index in [0.717, 1.165) is 0 Å². The molecule has 0 aliphatic carbocycles. The molecular weight excluding hydrogens is 266 g/mol. The quantitative estimate of drug-likeness (QED) is 0.768. The number of carboxylic acid groups (broad SMARTS) is 1. The molecule has 5 nitrogen and oxygen atoms in total. The number of benzene rings is 1. The lowest BCUT2D eigenvalue weighted by atomic mass is 10.1. The summed E-state index contributed by atoms with van der Waals surface area (Å²) in [6.07, 6.45) is 5.70. The minimum absolute atomic E-state index is 0.115. The van der Waals surface area contributed by atoms with Crippen molar-refractivity contribution < 1.29 is 18.3 Å². The SMILES string of the molecule is C#CC(CC)NS(=O)(=O)Cc1ccc(C(=O)O)cc1. The van der Waals surface area contributed by atoms with Crippen LogP contribution in [-0.2, 0) is 15.8 Å². The van der Waals surface area contributed by atoms with E-state index in [0.29, 0.717) is 12.0 Å². The minimum Gasteiger partial charge on any atom is -0.478 e. The molecule has 0 aromatic heterocycles. The van der Waals surface area contributed by atoms with Gasteiger partial charge in [0.15, 0.2) is 0 Å². The molecule has 102 valence electrons. The summed E-state index contributed by atoms with van der Waals surface area (Å²) < 4.78 is 26.0. The van der Waals surface area contributed by atoms with Gasteiger partial charge < -0.3 is 5.11 Å². The lowest BCUT2D eigenvalue weighted by molar-refractivity contribution is 0.0697. The first kappa shape index (κ1) is 15.2. The van der Waals surface area contributed by atoms with E-state index in [-0.39, 0.29) is 11.3 Å². The first-order valence-corrected chi connectivity index (χ1v) is 7.31. The average molecular weight is 281 g/mol. The van der Waals surface area contributed by atoms with Gasteiger partial charge in [-0.1, -0.05) is 25.0 Å². The maximum absolute atomic E-state index is 11.8. The van der Waals surface area contributed by atoms with Crippen molar-refractivity contribution in [3.63, 3.8) is 0 Å². The lowest BCUT2D eigenvalue weighted by Crippen LogP contribution is -2.34. The van der Waals surface area contributed by atoms with E-state index in [1.807, 2.05) is 0 Å². The standard InChI is InChI=1S/C13H15NO4S/c1-3-12(4-2)14-19(17,18)9-10-5-7-11(8-6-10)13(15)16/h1,5-8,12,14H,4,9H2,2H3,(H,15,16). The predicted molar refractivity (Wildman–Crippen MR) is 72.1 cm³/mol. The minimum atomic E-state index is -3.53. The third kappa shape index (κ3) is 4.73. The summed E-state index contributed by atoms with van der Waals surface area (Å²) in [5.41, 5.74) is 0.619. The Hall–Kier alpha value is -1.84. The van der Waals surface area contributed by atoms with Gasteiger partial charge in [-0.15, -0.1) is 6.42 Å². The molecule has 19 heavy (non-hydrogen) atoms. The molecule has 1 aromatic rings. The Bertz CT molecular complexity index is 584. The average Bonchev–Trinajstić information content (AvgIpc) is 2.36. The Balaban J connectivity index is 2.79. The second-order valence-corrected chi connectivity index (χ2v) is 5.76. The molecule has 0 aliphatic heterocycles. The van der Waals surface area contributed by atoms with Gasteiger partial charge in [-0.05, 0) is 24.1 Å². The van der Waals surface area contributed by atoms with Crippen LogP contribution < -0.4 is 4.72 Å². The second kappa shape index (κ2) is 6.36. The zero-order valence-electron chi connectivity index (χ0n) is 10.5. The molecule has 0 saturated heterocycles. The molecule has 1 unspecified atom stereocenters. The van der Waals surface area contributed by atoms with Gasteiger partial charge >= 0.3 is 5.97 Å². The molecule has 0 bridgehead atoms. The smallest absolute Gasteiger partial charge is 0.335 e. The van der Waals surface area contributed by atoms with Gasteiger partial charge in [-0.2, -0.15) is 0 Å². The first-order valence-electron chi connectivity index (χ1n) is 5.66. The zero-order chi connectivity index (χ0) is 14.5. The highest BCUT2D eigenvalue weighted by molar-refractivity contribution is 7.88. The number of sulfonamides is 1. The van der Waals surface area contributed by atoms with Crippen molar-refractivity contribution in [2.75, 3.05) is 0 Å². The fraction of sp³-hybridized carbons (Fsp3) is 0.308.